The Bertz CT molecular complexity index is 3350. The first-order valence-corrected chi connectivity index (χ1v) is 21.4. The van der Waals surface area contributed by atoms with E-state index in [1.807, 2.05) is 0 Å². The van der Waals surface area contributed by atoms with E-state index in [1.165, 1.54) is 54.6 Å². The van der Waals surface area contributed by atoms with Crippen molar-refractivity contribution in [2.24, 2.45) is 0 Å². The molecule has 0 atom stereocenters. The fourth-order valence-electron chi connectivity index (χ4n) is 8.40. The molecule has 61 heavy (non-hydrogen) atoms. The van der Waals surface area contributed by atoms with E-state index in [2.05, 4.69) is 231 Å². The second kappa shape index (κ2) is 15.8. The van der Waals surface area contributed by atoms with E-state index < -0.39 is 0 Å². The molecule has 0 unspecified atom stereocenters. The Balaban J connectivity index is 0.960. The molecule has 0 fully saturated rings. The maximum Gasteiger partial charge on any atom is 0.161 e. The molecule has 11 aromatic rings. The quantitative estimate of drug-likeness (QED) is 0.153. The molecule has 2 aromatic heterocycles. The Morgan fingerprint density at radius 1 is 0.262 bits per heavy atom. The number of hydrogen-bond donors (Lipinski definition) is 0. The van der Waals surface area contributed by atoms with E-state index in [9.17, 15) is 0 Å². The van der Waals surface area contributed by atoms with Crippen LogP contribution in [0.5, 0.6) is 0 Å². The van der Waals surface area contributed by atoms with Gasteiger partial charge in [-0.3, -0.25) is 0 Å². The number of fused-ring (bicyclic) bond motifs is 3. The number of thiophene rings is 1. The number of aromatic nitrogens is 2. The minimum Gasteiger partial charge on any atom is -0.227 e. The number of nitrogens with zero attached hydrogens (tertiary/aromatic N) is 2. The first-order valence-electron chi connectivity index (χ1n) is 20.6. The second-order valence-corrected chi connectivity index (χ2v) is 16.4. The Hall–Kier alpha value is -7.72. The third-order valence-corrected chi connectivity index (χ3v) is 12.6. The average molecular weight is 795 g/mol. The van der Waals surface area contributed by atoms with Crippen molar-refractivity contribution in [3.8, 4) is 89.4 Å². The van der Waals surface area contributed by atoms with Gasteiger partial charge in [0.2, 0.25) is 0 Å². The van der Waals surface area contributed by atoms with Crippen molar-refractivity contribution >= 4 is 31.6 Å². The van der Waals surface area contributed by atoms with Gasteiger partial charge in [0.25, 0.3) is 0 Å². The lowest BCUT2D eigenvalue weighted by Crippen LogP contribution is -1.94. The molecule has 0 N–H and O–H groups in total. The summed E-state index contributed by atoms with van der Waals surface area (Å²) in [7, 11) is 0. The van der Waals surface area contributed by atoms with Crippen LogP contribution in [-0.4, -0.2) is 9.97 Å². The predicted octanol–water partition coefficient (Wildman–Crippen LogP) is 16.2. The summed E-state index contributed by atoms with van der Waals surface area (Å²) in [6, 6.07) is 82.4. The maximum absolute atomic E-state index is 5.43. The summed E-state index contributed by atoms with van der Waals surface area (Å²) < 4.78 is 1.20. The van der Waals surface area contributed by atoms with Crippen LogP contribution in [0.2, 0.25) is 0 Å². The first kappa shape index (κ1) is 36.4. The van der Waals surface area contributed by atoms with Gasteiger partial charge in [-0.1, -0.05) is 194 Å². The van der Waals surface area contributed by atoms with Crippen molar-refractivity contribution < 1.29 is 0 Å². The normalized spacial score (nSPS) is 11.3. The standard InChI is InChI=1S/C58H38N2S/c1-3-14-39(15-4-1)41-30-32-42(33-31-41)44-19-10-21-46(35-44)50-25-13-27-52(38-50)57-59-56(55-53-28-7-8-29-54(53)61-58(55)60-57)51-26-12-24-49(37-51)48-23-11-22-47(36-48)45-20-9-18-43(34-45)40-16-5-2-6-17-40/h1-38H. The minimum absolute atomic E-state index is 0.717. The fourth-order valence-corrected chi connectivity index (χ4v) is 9.47. The van der Waals surface area contributed by atoms with Crippen LogP contribution >= 0.6 is 11.3 Å². The van der Waals surface area contributed by atoms with Crippen LogP contribution in [0.1, 0.15) is 0 Å². The molecule has 9 aromatic carbocycles. The lowest BCUT2D eigenvalue weighted by molar-refractivity contribution is 1.24. The van der Waals surface area contributed by atoms with Gasteiger partial charge < -0.3 is 0 Å². The van der Waals surface area contributed by atoms with Gasteiger partial charge in [0.1, 0.15) is 4.83 Å². The molecule has 11 rings (SSSR count). The molecule has 3 heteroatoms. The molecule has 0 saturated heterocycles. The summed E-state index contributed by atoms with van der Waals surface area (Å²) in [5.41, 5.74) is 17.2. The number of benzene rings is 9. The summed E-state index contributed by atoms with van der Waals surface area (Å²) >= 11 is 1.73. The second-order valence-electron chi connectivity index (χ2n) is 15.4. The van der Waals surface area contributed by atoms with E-state index in [4.69, 9.17) is 9.97 Å². The molecule has 2 nitrogen and oxygen atoms in total. The molecule has 0 spiro atoms. The van der Waals surface area contributed by atoms with Crippen molar-refractivity contribution in [2.45, 2.75) is 0 Å². The van der Waals surface area contributed by atoms with Crippen LogP contribution in [-0.2, 0) is 0 Å². The zero-order valence-electron chi connectivity index (χ0n) is 33.2. The Morgan fingerprint density at radius 2 is 0.607 bits per heavy atom. The lowest BCUT2D eigenvalue weighted by Gasteiger charge is -2.12. The molecule has 0 radical (unpaired) electrons. The third kappa shape index (κ3) is 7.22. The summed E-state index contributed by atoms with van der Waals surface area (Å²) in [5, 5.41) is 2.27. The molecule has 0 aliphatic rings. The van der Waals surface area contributed by atoms with Gasteiger partial charge >= 0.3 is 0 Å². The van der Waals surface area contributed by atoms with Crippen molar-refractivity contribution in [1.29, 1.82) is 0 Å². The third-order valence-electron chi connectivity index (χ3n) is 11.5. The van der Waals surface area contributed by atoms with Gasteiger partial charge in [0.05, 0.1) is 5.69 Å². The smallest absolute Gasteiger partial charge is 0.161 e. The Kier molecular flexibility index (Phi) is 9.42. The van der Waals surface area contributed by atoms with Crippen LogP contribution in [0.25, 0.3) is 110 Å². The van der Waals surface area contributed by atoms with E-state index in [0.29, 0.717) is 5.82 Å². The van der Waals surface area contributed by atoms with Crippen molar-refractivity contribution in [1.82, 2.24) is 9.97 Å². The SMILES string of the molecule is c1ccc(-c2ccc(-c3cccc(-c4cccc(-c5nc(-c6cccc(-c7cccc(-c8cccc(-c9ccccc9)c8)c7)c6)c6c(n5)sc5ccccc56)c4)c3)cc2)cc1. The van der Waals surface area contributed by atoms with Crippen LogP contribution in [0.4, 0.5) is 0 Å². The van der Waals surface area contributed by atoms with Gasteiger partial charge in [-0.05, 0) is 103 Å². The minimum atomic E-state index is 0.717. The molecule has 0 aliphatic heterocycles. The Morgan fingerprint density at radius 3 is 1.13 bits per heavy atom. The van der Waals surface area contributed by atoms with E-state index in [-0.39, 0.29) is 0 Å². The topological polar surface area (TPSA) is 25.8 Å². The van der Waals surface area contributed by atoms with Crippen LogP contribution in [0.3, 0.4) is 0 Å². The van der Waals surface area contributed by atoms with Crippen molar-refractivity contribution in [2.75, 3.05) is 0 Å². The molecule has 286 valence electrons. The molecule has 2 heterocycles. The average Bonchev–Trinajstić information content (AvgIpc) is 3.73. The van der Waals surface area contributed by atoms with Gasteiger partial charge in [0.15, 0.2) is 5.82 Å². The summed E-state index contributed by atoms with van der Waals surface area (Å²) in [6.07, 6.45) is 0. The van der Waals surface area contributed by atoms with Crippen molar-refractivity contribution in [3.63, 3.8) is 0 Å². The number of rotatable bonds is 8. The molecular weight excluding hydrogens is 757 g/mol. The summed E-state index contributed by atoms with van der Waals surface area (Å²) in [4.78, 5) is 11.7. The highest BCUT2D eigenvalue weighted by atomic mass is 32.1. The summed E-state index contributed by atoms with van der Waals surface area (Å²) in [6.45, 7) is 0. The van der Waals surface area contributed by atoms with Gasteiger partial charge in [-0.15, -0.1) is 11.3 Å². The molecule has 0 saturated carbocycles. The maximum atomic E-state index is 5.43. The van der Waals surface area contributed by atoms with E-state index >= 15 is 0 Å². The summed E-state index contributed by atoms with van der Waals surface area (Å²) in [5.74, 6) is 0.717. The van der Waals surface area contributed by atoms with Crippen LogP contribution < -0.4 is 0 Å². The van der Waals surface area contributed by atoms with E-state index in [1.54, 1.807) is 11.3 Å². The van der Waals surface area contributed by atoms with Gasteiger partial charge in [-0.25, -0.2) is 9.97 Å². The lowest BCUT2D eigenvalue weighted by atomic mass is 9.95. The van der Waals surface area contributed by atoms with E-state index in [0.717, 1.165) is 49.3 Å². The largest absolute Gasteiger partial charge is 0.227 e. The first-order chi connectivity index (χ1) is 30.2. The molecule has 0 aliphatic carbocycles. The zero-order chi connectivity index (χ0) is 40.5. The monoisotopic (exact) mass is 794 g/mol. The van der Waals surface area contributed by atoms with Crippen molar-refractivity contribution in [3.05, 3.63) is 231 Å². The molecule has 0 bridgehead atoms. The van der Waals surface area contributed by atoms with Gasteiger partial charge in [0, 0.05) is 26.6 Å². The predicted molar refractivity (Wildman–Crippen MR) is 258 cm³/mol. The molecular formula is C58H38N2S. The number of hydrogen-bond acceptors (Lipinski definition) is 3. The van der Waals surface area contributed by atoms with Crippen LogP contribution in [0, 0.1) is 0 Å². The fraction of sp³-hybridized carbons (Fsp3) is 0. The molecule has 0 amide bonds. The Labute approximate surface area is 359 Å². The zero-order valence-corrected chi connectivity index (χ0v) is 34.1. The highest BCUT2D eigenvalue weighted by Crippen LogP contribution is 2.41. The highest BCUT2D eigenvalue weighted by Gasteiger charge is 2.18. The van der Waals surface area contributed by atoms with Crippen LogP contribution in [0.15, 0.2) is 231 Å². The highest BCUT2D eigenvalue weighted by molar-refractivity contribution is 7.25. The van der Waals surface area contributed by atoms with Gasteiger partial charge in [-0.2, -0.15) is 0 Å².